The predicted octanol–water partition coefficient (Wildman–Crippen LogP) is 2.18. The molecule has 4 rings (SSSR count). The van der Waals surface area contributed by atoms with E-state index in [0.29, 0.717) is 24.5 Å². The van der Waals surface area contributed by atoms with Crippen molar-refractivity contribution in [3.63, 3.8) is 0 Å². The van der Waals surface area contributed by atoms with Crippen LogP contribution in [0.2, 0.25) is 0 Å². The van der Waals surface area contributed by atoms with E-state index in [1.54, 1.807) is 29.2 Å². The van der Waals surface area contributed by atoms with Crippen molar-refractivity contribution in [2.24, 2.45) is 0 Å². The van der Waals surface area contributed by atoms with Gasteiger partial charge in [0, 0.05) is 31.9 Å². The number of aryl methyl sites for hydroxylation is 1. The highest BCUT2D eigenvalue weighted by Crippen LogP contribution is 2.35. The molecule has 0 aliphatic carbocycles. The van der Waals surface area contributed by atoms with Crippen LogP contribution in [0.3, 0.4) is 0 Å². The molecule has 0 N–H and O–H groups in total. The second-order valence-electron chi connectivity index (χ2n) is 7.90. The van der Waals surface area contributed by atoms with Crippen molar-refractivity contribution in [2.75, 3.05) is 48.2 Å². The second kappa shape index (κ2) is 7.83. The van der Waals surface area contributed by atoms with Gasteiger partial charge in [-0.3, -0.25) is 9.10 Å². The Morgan fingerprint density at radius 3 is 2.33 bits per heavy atom. The van der Waals surface area contributed by atoms with Crippen molar-refractivity contribution in [1.29, 1.82) is 0 Å². The maximum atomic E-state index is 13.2. The standard InChI is InChI=1S/C22H27N3O4S/c1-16-7-6-9-18(17(16)2)23-11-13-24(14-12-23)22(26)21-15-25(30(3,27)28)19-8-4-5-10-20(19)29-21/h4-10,21H,11-15H2,1-3H3/t21-/m0/s1. The van der Waals surface area contributed by atoms with Crippen LogP contribution in [-0.2, 0) is 14.8 Å². The van der Waals surface area contributed by atoms with Crippen molar-refractivity contribution in [3.05, 3.63) is 53.6 Å². The monoisotopic (exact) mass is 429 g/mol. The minimum absolute atomic E-state index is 0.00805. The number of amides is 1. The van der Waals surface area contributed by atoms with Crippen molar-refractivity contribution in [1.82, 2.24) is 4.90 Å². The molecule has 160 valence electrons. The zero-order chi connectivity index (χ0) is 21.5. The van der Waals surface area contributed by atoms with E-state index in [2.05, 4.69) is 36.9 Å². The van der Waals surface area contributed by atoms with Crippen LogP contribution in [0, 0.1) is 13.8 Å². The summed E-state index contributed by atoms with van der Waals surface area (Å²) in [4.78, 5) is 17.2. The lowest BCUT2D eigenvalue weighted by Gasteiger charge is -2.40. The molecule has 0 aromatic heterocycles. The van der Waals surface area contributed by atoms with Gasteiger partial charge < -0.3 is 14.5 Å². The molecule has 2 aromatic rings. The van der Waals surface area contributed by atoms with E-state index in [1.165, 1.54) is 21.1 Å². The molecular formula is C22H27N3O4S. The Labute approximate surface area is 177 Å². The molecule has 2 aliphatic heterocycles. The number of anilines is 2. The Kier molecular flexibility index (Phi) is 5.36. The number of fused-ring (bicyclic) bond motifs is 1. The largest absolute Gasteiger partial charge is 0.476 e. The van der Waals surface area contributed by atoms with Crippen LogP contribution in [0.25, 0.3) is 0 Å². The van der Waals surface area contributed by atoms with E-state index in [4.69, 9.17) is 4.74 Å². The van der Waals surface area contributed by atoms with Crippen LogP contribution in [0.4, 0.5) is 11.4 Å². The van der Waals surface area contributed by atoms with Gasteiger partial charge in [-0.05, 0) is 43.2 Å². The number of sulfonamides is 1. The van der Waals surface area contributed by atoms with E-state index in [1.807, 2.05) is 0 Å². The number of carbonyl (C=O) groups excluding carboxylic acids is 1. The molecule has 0 saturated carbocycles. The molecule has 2 aromatic carbocycles. The third-order valence-corrected chi connectivity index (χ3v) is 7.07. The summed E-state index contributed by atoms with van der Waals surface area (Å²) < 4.78 is 31.8. The number of benzene rings is 2. The lowest BCUT2D eigenvalue weighted by atomic mass is 10.1. The maximum absolute atomic E-state index is 13.2. The molecule has 0 spiro atoms. The van der Waals surface area contributed by atoms with Gasteiger partial charge in [0.05, 0.1) is 18.5 Å². The number of piperazine rings is 1. The molecule has 0 radical (unpaired) electrons. The lowest BCUT2D eigenvalue weighted by molar-refractivity contribution is -0.138. The maximum Gasteiger partial charge on any atom is 0.265 e. The lowest BCUT2D eigenvalue weighted by Crippen LogP contribution is -2.56. The molecule has 0 bridgehead atoms. The third-order valence-electron chi connectivity index (χ3n) is 5.92. The first-order valence-electron chi connectivity index (χ1n) is 10.1. The molecule has 8 heteroatoms. The summed E-state index contributed by atoms with van der Waals surface area (Å²) in [6.45, 7) is 6.83. The van der Waals surface area contributed by atoms with Gasteiger partial charge in [0.2, 0.25) is 10.0 Å². The summed E-state index contributed by atoms with van der Waals surface area (Å²) in [5, 5.41) is 0. The van der Waals surface area contributed by atoms with Crippen molar-refractivity contribution in [2.45, 2.75) is 20.0 Å². The molecule has 0 unspecified atom stereocenters. The summed E-state index contributed by atoms with van der Waals surface area (Å²) in [6, 6.07) is 13.2. The molecule has 2 aliphatic rings. The molecule has 1 amide bonds. The molecule has 1 fully saturated rings. The topological polar surface area (TPSA) is 70.2 Å². The van der Waals surface area contributed by atoms with E-state index in [-0.39, 0.29) is 12.5 Å². The van der Waals surface area contributed by atoms with Gasteiger partial charge in [0.25, 0.3) is 5.91 Å². The van der Waals surface area contributed by atoms with Gasteiger partial charge in [-0.2, -0.15) is 0 Å². The van der Waals surface area contributed by atoms with Gasteiger partial charge in [-0.1, -0.05) is 24.3 Å². The van der Waals surface area contributed by atoms with E-state index in [9.17, 15) is 13.2 Å². The first kappa shape index (κ1) is 20.5. The SMILES string of the molecule is Cc1cccc(N2CCN(C(=O)[C@@H]3CN(S(C)(=O)=O)c4ccccc4O3)CC2)c1C. The average molecular weight is 430 g/mol. The van der Waals surface area contributed by atoms with Gasteiger partial charge in [0.15, 0.2) is 6.10 Å². The quantitative estimate of drug-likeness (QED) is 0.748. The predicted molar refractivity (Wildman–Crippen MR) is 118 cm³/mol. The van der Waals surface area contributed by atoms with Crippen LogP contribution in [-0.4, -0.2) is 64.3 Å². The fraction of sp³-hybridized carbons (Fsp3) is 0.409. The number of para-hydroxylation sites is 2. The van der Waals surface area contributed by atoms with Gasteiger partial charge in [-0.25, -0.2) is 8.42 Å². The van der Waals surface area contributed by atoms with Crippen LogP contribution < -0.4 is 13.9 Å². The average Bonchev–Trinajstić information content (AvgIpc) is 2.74. The molecular weight excluding hydrogens is 402 g/mol. The van der Waals surface area contributed by atoms with Crippen LogP contribution in [0.1, 0.15) is 11.1 Å². The van der Waals surface area contributed by atoms with Crippen molar-refractivity contribution in [3.8, 4) is 5.75 Å². The normalized spacial score (nSPS) is 19.3. The summed E-state index contributed by atoms with van der Waals surface area (Å²) in [6.07, 6.45) is 0.307. The highest BCUT2D eigenvalue weighted by atomic mass is 32.2. The van der Waals surface area contributed by atoms with Gasteiger partial charge >= 0.3 is 0 Å². The molecule has 30 heavy (non-hydrogen) atoms. The number of rotatable bonds is 3. The van der Waals surface area contributed by atoms with E-state index in [0.717, 1.165) is 19.3 Å². The minimum Gasteiger partial charge on any atom is -0.476 e. The highest BCUT2D eigenvalue weighted by molar-refractivity contribution is 7.92. The number of hydrogen-bond acceptors (Lipinski definition) is 5. The van der Waals surface area contributed by atoms with E-state index < -0.39 is 16.1 Å². The Morgan fingerprint density at radius 2 is 1.63 bits per heavy atom. The number of hydrogen-bond donors (Lipinski definition) is 0. The summed E-state index contributed by atoms with van der Waals surface area (Å²) in [7, 11) is -3.52. The van der Waals surface area contributed by atoms with Crippen molar-refractivity contribution < 1.29 is 17.9 Å². The summed E-state index contributed by atoms with van der Waals surface area (Å²) in [5.41, 5.74) is 4.19. The number of ether oxygens (including phenoxy) is 1. The zero-order valence-electron chi connectivity index (χ0n) is 17.5. The minimum atomic E-state index is -3.52. The Balaban J connectivity index is 1.48. The molecule has 7 nitrogen and oxygen atoms in total. The Bertz CT molecular complexity index is 1060. The fourth-order valence-corrected chi connectivity index (χ4v) is 5.01. The number of carbonyl (C=O) groups is 1. The Hall–Kier alpha value is -2.74. The van der Waals surface area contributed by atoms with E-state index >= 15 is 0 Å². The fourth-order valence-electron chi connectivity index (χ4n) is 4.09. The zero-order valence-corrected chi connectivity index (χ0v) is 18.4. The first-order chi connectivity index (χ1) is 14.3. The highest BCUT2D eigenvalue weighted by Gasteiger charge is 2.37. The molecule has 1 atom stereocenters. The molecule has 1 saturated heterocycles. The van der Waals surface area contributed by atoms with Crippen LogP contribution in [0.5, 0.6) is 5.75 Å². The summed E-state index contributed by atoms with van der Waals surface area (Å²) in [5.74, 6) is 0.250. The molecule has 2 heterocycles. The second-order valence-corrected chi connectivity index (χ2v) is 9.81. The van der Waals surface area contributed by atoms with Gasteiger partial charge in [0.1, 0.15) is 5.75 Å². The third kappa shape index (κ3) is 3.84. The van der Waals surface area contributed by atoms with Crippen LogP contribution in [0.15, 0.2) is 42.5 Å². The Morgan fingerprint density at radius 1 is 0.967 bits per heavy atom. The first-order valence-corrected chi connectivity index (χ1v) is 11.9. The number of nitrogens with zero attached hydrogens (tertiary/aromatic N) is 3. The summed E-state index contributed by atoms with van der Waals surface area (Å²) >= 11 is 0. The van der Waals surface area contributed by atoms with Crippen molar-refractivity contribution >= 4 is 27.3 Å². The van der Waals surface area contributed by atoms with Crippen LogP contribution >= 0.6 is 0 Å². The van der Waals surface area contributed by atoms with Gasteiger partial charge in [-0.15, -0.1) is 0 Å². The smallest absolute Gasteiger partial charge is 0.265 e.